The van der Waals surface area contributed by atoms with Crippen LogP contribution >= 0.6 is 11.3 Å². The normalized spacial score (nSPS) is 23.1. The fourth-order valence-corrected chi connectivity index (χ4v) is 5.49. The predicted octanol–water partition coefficient (Wildman–Crippen LogP) is 2.40. The van der Waals surface area contributed by atoms with Crippen LogP contribution in [0.2, 0.25) is 0 Å². The van der Waals surface area contributed by atoms with Gasteiger partial charge in [-0.3, -0.25) is 0 Å². The number of anilines is 1. The molecule has 0 amide bonds. The van der Waals surface area contributed by atoms with E-state index in [0.29, 0.717) is 6.54 Å². The molecule has 148 valence electrons. The molecule has 2 aliphatic heterocycles. The van der Waals surface area contributed by atoms with Gasteiger partial charge >= 0.3 is 0 Å². The number of thiophene rings is 1. The molecule has 2 aromatic heterocycles. The number of sulfonamides is 1. The van der Waals surface area contributed by atoms with Crippen molar-refractivity contribution in [2.24, 2.45) is 5.41 Å². The Labute approximate surface area is 164 Å². The molecule has 1 N–H and O–H groups in total. The Morgan fingerprint density at radius 2 is 2.15 bits per heavy atom. The number of fused-ring (bicyclic) bond motifs is 1. The second-order valence-corrected chi connectivity index (χ2v) is 10.6. The molecule has 0 bridgehead atoms. The first-order valence-electron chi connectivity index (χ1n) is 9.52. The van der Waals surface area contributed by atoms with Crippen molar-refractivity contribution < 1.29 is 13.2 Å². The lowest BCUT2D eigenvalue weighted by Crippen LogP contribution is -2.47. The maximum absolute atomic E-state index is 11.6. The predicted molar refractivity (Wildman–Crippen MR) is 108 cm³/mol. The largest absolute Gasteiger partial charge is 0.376 e. The van der Waals surface area contributed by atoms with E-state index in [-0.39, 0.29) is 17.3 Å². The van der Waals surface area contributed by atoms with Crippen molar-refractivity contribution in [3.05, 3.63) is 17.8 Å². The second kappa shape index (κ2) is 7.62. The second-order valence-electron chi connectivity index (χ2n) is 7.54. The van der Waals surface area contributed by atoms with Crippen LogP contribution in [-0.4, -0.2) is 56.5 Å². The fraction of sp³-hybridized carbons (Fsp3) is 0.667. The van der Waals surface area contributed by atoms with Gasteiger partial charge in [0.2, 0.25) is 10.0 Å². The summed E-state index contributed by atoms with van der Waals surface area (Å²) in [5.74, 6) is 1.16. The van der Waals surface area contributed by atoms with Crippen LogP contribution in [0.4, 0.5) is 5.82 Å². The van der Waals surface area contributed by atoms with Gasteiger partial charge in [0.1, 0.15) is 12.1 Å². The Hall–Kier alpha value is -1.29. The third-order valence-corrected chi connectivity index (χ3v) is 8.15. The molecule has 0 aromatic carbocycles. The van der Waals surface area contributed by atoms with Crippen LogP contribution in [0.5, 0.6) is 0 Å². The van der Waals surface area contributed by atoms with Crippen LogP contribution in [0.3, 0.4) is 0 Å². The zero-order valence-electron chi connectivity index (χ0n) is 15.6. The van der Waals surface area contributed by atoms with Gasteiger partial charge in [0.25, 0.3) is 0 Å². The van der Waals surface area contributed by atoms with E-state index in [2.05, 4.69) is 25.0 Å². The first-order chi connectivity index (χ1) is 13.0. The van der Waals surface area contributed by atoms with Gasteiger partial charge in [0.05, 0.1) is 28.7 Å². The van der Waals surface area contributed by atoms with Gasteiger partial charge in [0, 0.05) is 19.6 Å². The zero-order valence-corrected chi connectivity index (χ0v) is 17.2. The van der Waals surface area contributed by atoms with E-state index in [9.17, 15) is 8.42 Å². The Bertz CT molecular complexity index is 881. The number of rotatable bonds is 5. The quantitative estimate of drug-likeness (QED) is 0.815. The summed E-state index contributed by atoms with van der Waals surface area (Å²) in [5, 5.41) is 2.07. The summed E-state index contributed by atoms with van der Waals surface area (Å²) < 4.78 is 33.0. The Balaban J connectivity index is 1.33. The minimum absolute atomic E-state index is 0.0115. The molecule has 0 aliphatic carbocycles. The summed E-state index contributed by atoms with van der Waals surface area (Å²) in [6.07, 6.45) is 5.81. The molecule has 1 atom stereocenters. The third-order valence-electron chi connectivity index (χ3n) is 5.88. The maximum atomic E-state index is 11.6. The van der Waals surface area contributed by atoms with Crippen molar-refractivity contribution in [1.29, 1.82) is 0 Å². The topological polar surface area (TPSA) is 84.4 Å². The van der Waals surface area contributed by atoms with Gasteiger partial charge in [0.15, 0.2) is 0 Å². The number of nitrogens with zero attached hydrogens (tertiary/aromatic N) is 3. The lowest BCUT2D eigenvalue weighted by atomic mass is 9.73. The van der Waals surface area contributed by atoms with E-state index in [1.807, 2.05) is 6.07 Å². The molecule has 0 radical (unpaired) electrons. The standard InChI is InChI=1S/C18H26N4O3S2/c1-2-27(23,24)21-11-14-3-5-18(12-25-14)6-8-22(9-7-18)17-16-15(4-10-26-16)19-13-20-17/h4,10,13-14,21H,2-3,5-9,11-12H2,1H3. The molecule has 9 heteroatoms. The molecule has 2 saturated heterocycles. The molecule has 27 heavy (non-hydrogen) atoms. The summed E-state index contributed by atoms with van der Waals surface area (Å²) in [4.78, 5) is 11.2. The molecule has 4 rings (SSSR count). The Kier molecular flexibility index (Phi) is 5.37. The molecule has 4 heterocycles. The molecule has 7 nitrogen and oxygen atoms in total. The first kappa shape index (κ1) is 19.0. The van der Waals surface area contributed by atoms with Crippen molar-refractivity contribution in [3.8, 4) is 0 Å². The van der Waals surface area contributed by atoms with Crippen LogP contribution in [0.15, 0.2) is 17.8 Å². The van der Waals surface area contributed by atoms with Gasteiger partial charge in [-0.25, -0.2) is 23.1 Å². The van der Waals surface area contributed by atoms with Crippen LogP contribution in [0, 0.1) is 5.41 Å². The monoisotopic (exact) mass is 410 g/mol. The van der Waals surface area contributed by atoms with E-state index in [0.717, 1.165) is 61.4 Å². The van der Waals surface area contributed by atoms with Crippen molar-refractivity contribution >= 4 is 37.4 Å². The van der Waals surface area contributed by atoms with Crippen molar-refractivity contribution in [2.75, 3.05) is 36.9 Å². The van der Waals surface area contributed by atoms with Crippen LogP contribution in [0.1, 0.15) is 32.6 Å². The molecule has 0 saturated carbocycles. The summed E-state index contributed by atoms with van der Waals surface area (Å²) in [7, 11) is -3.15. The maximum Gasteiger partial charge on any atom is 0.211 e. The minimum atomic E-state index is -3.15. The van der Waals surface area contributed by atoms with Crippen LogP contribution < -0.4 is 9.62 Å². The van der Waals surface area contributed by atoms with Crippen LogP contribution in [0.25, 0.3) is 10.2 Å². The number of hydrogen-bond acceptors (Lipinski definition) is 7. The molecular weight excluding hydrogens is 384 g/mol. The van der Waals surface area contributed by atoms with Gasteiger partial charge in [-0.2, -0.15) is 0 Å². The van der Waals surface area contributed by atoms with E-state index < -0.39 is 10.0 Å². The summed E-state index contributed by atoms with van der Waals surface area (Å²) in [6, 6.07) is 2.04. The first-order valence-corrected chi connectivity index (χ1v) is 12.1. The molecule has 2 aromatic rings. The molecule has 2 aliphatic rings. The third kappa shape index (κ3) is 4.11. The molecule has 1 spiro atoms. The SMILES string of the molecule is CCS(=O)(=O)NCC1CCC2(CCN(c3ncnc4ccsc34)CC2)CO1. The van der Waals surface area contributed by atoms with E-state index in [1.165, 1.54) is 0 Å². The van der Waals surface area contributed by atoms with Gasteiger partial charge in [-0.15, -0.1) is 11.3 Å². The van der Waals surface area contributed by atoms with E-state index >= 15 is 0 Å². The van der Waals surface area contributed by atoms with Crippen molar-refractivity contribution in [3.63, 3.8) is 0 Å². The molecule has 2 fully saturated rings. The summed E-state index contributed by atoms with van der Waals surface area (Å²) in [5.41, 5.74) is 1.24. The summed E-state index contributed by atoms with van der Waals surface area (Å²) in [6.45, 7) is 4.70. The number of nitrogens with one attached hydrogen (secondary N) is 1. The summed E-state index contributed by atoms with van der Waals surface area (Å²) >= 11 is 1.70. The van der Waals surface area contributed by atoms with Gasteiger partial charge in [-0.1, -0.05) is 0 Å². The lowest BCUT2D eigenvalue weighted by Gasteiger charge is -2.46. The number of ether oxygens (including phenoxy) is 1. The number of aromatic nitrogens is 2. The average Bonchev–Trinajstić information content (AvgIpc) is 3.17. The smallest absolute Gasteiger partial charge is 0.211 e. The number of piperidine rings is 1. The molecule has 1 unspecified atom stereocenters. The Morgan fingerprint density at radius 3 is 2.85 bits per heavy atom. The highest BCUT2D eigenvalue weighted by atomic mass is 32.2. The highest BCUT2D eigenvalue weighted by Gasteiger charge is 2.39. The number of hydrogen-bond donors (Lipinski definition) is 1. The van der Waals surface area contributed by atoms with Crippen LogP contribution in [-0.2, 0) is 14.8 Å². The van der Waals surface area contributed by atoms with Gasteiger partial charge < -0.3 is 9.64 Å². The lowest BCUT2D eigenvalue weighted by molar-refractivity contribution is -0.0690. The fourth-order valence-electron chi connectivity index (χ4n) is 3.99. The minimum Gasteiger partial charge on any atom is -0.376 e. The molecular formula is C18H26N4O3S2. The highest BCUT2D eigenvalue weighted by molar-refractivity contribution is 7.89. The van der Waals surface area contributed by atoms with E-state index in [1.54, 1.807) is 24.6 Å². The Morgan fingerprint density at radius 1 is 1.33 bits per heavy atom. The zero-order chi connectivity index (χ0) is 18.9. The highest BCUT2D eigenvalue weighted by Crippen LogP contribution is 2.42. The van der Waals surface area contributed by atoms with Crippen molar-refractivity contribution in [2.45, 2.75) is 38.7 Å². The van der Waals surface area contributed by atoms with Gasteiger partial charge in [-0.05, 0) is 49.5 Å². The van der Waals surface area contributed by atoms with Crippen molar-refractivity contribution in [1.82, 2.24) is 14.7 Å². The van der Waals surface area contributed by atoms with E-state index in [4.69, 9.17) is 4.74 Å². The average molecular weight is 411 g/mol.